The van der Waals surface area contributed by atoms with E-state index in [2.05, 4.69) is 19.9 Å². The van der Waals surface area contributed by atoms with E-state index in [-0.39, 0.29) is 12.3 Å². The van der Waals surface area contributed by atoms with Gasteiger partial charge in [0, 0.05) is 12.1 Å². The smallest absolute Gasteiger partial charge is 0.203 e. The largest absolute Gasteiger partial charge is 0.310 e. The van der Waals surface area contributed by atoms with E-state index in [0.717, 1.165) is 35.9 Å². The molecule has 1 aromatic heterocycles. The molecule has 0 bridgehead atoms. The molecule has 1 N–H and O–H groups in total. The van der Waals surface area contributed by atoms with Crippen molar-refractivity contribution in [2.45, 2.75) is 46.6 Å². The number of imidazole rings is 1. The monoisotopic (exact) mass is 346 g/mol. The van der Waals surface area contributed by atoms with Gasteiger partial charge in [-0.25, -0.2) is 0 Å². The van der Waals surface area contributed by atoms with Gasteiger partial charge >= 0.3 is 0 Å². The Kier molecular flexibility index (Phi) is 5.45. The minimum absolute atomic E-state index is 0.0311. The summed E-state index contributed by atoms with van der Waals surface area (Å²) in [5.74, 6) is 0.0311. The maximum Gasteiger partial charge on any atom is 0.203 e. The van der Waals surface area contributed by atoms with Crippen LogP contribution in [0, 0.1) is 5.41 Å². The molecule has 26 heavy (non-hydrogen) atoms. The molecule has 1 radical (unpaired) electrons. The Morgan fingerprint density at radius 3 is 2.42 bits per heavy atom. The van der Waals surface area contributed by atoms with Crippen LogP contribution in [0.4, 0.5) is 0 Å². The molecule has 0 aliphatic rings. The molecule has 1 heterocycles. The lowest BCUT2D eigenvalue weighted by molar-refractivity contribution is 0.0971. The number of aromatic nitrogens is 2. The van der Waals surface area contributed by atoms with Crippen LogP contribution >= 0.6 is 0 Å². The van der Waals surface area contributed by atoms with Crippen molar-refractivity contribution in [3.8, 4) is 0 Å². The highest BCUT2D eigenvalue weighted by Crippen LogP contribution is 2.20. The minimum Gasteiger partial charge on any atom is -0.310 e. The van der Waals surface area contributed by atoms with Crippen LogP contribution in [0.5, 0.6) is 0 Å². The van der Waals surface area contributed by atoms with Crippen LogP contribution in [-0.2, 0) is 19.5 Å². The number of carbonyl (C=O) groups excluding carboxylic acids is 1. The van der Waals surface area contributed by atoms with Crippen LogP contribution in [0.2, 0.25) is 6.82 Å². The van der Waals surface area contributed by atoms with Crippen molar-refractivity contribution in [2.75, 3.05) is 0 Å². The number of para-hydroxylation sites is 1. The summed E-state index contributed by atoms with van der Waals surface area (Å²) in [6, 6.07) is 13.8. The number of fused-ring (bicyclic) bond motifs is 1. The topological polar surface area (TPSA) is 50.8 Å². The quantitative estimate of drug-likeness (QED) is 0.519. The Balaban J connectivity index is 2.05. The van der Waals surface area contributed by atoms with Gasteiger partial charge in [-0.05, 0) is 24.5 Å². The summed E-state index contributed by atoms with van der Waals surface area (Å²) in [5, 5.41) is 8.64. The Labute approximate surface area is 155 Å². The first-order valence-corrected chi connectivity index (χ1v) is 9.28. The molecule has 133 valence electrons. The summed E-state index contributed by atoms with van der Waals surface area (Å²) in [6.07, 6.45) is 1.87. The fourth-order valence-corrected chi connectivity index (χ4v) is 3.46. The van der Waals surface area contributed by atoms with Gasteiger partial charge in [-0.15, -0.1) is 0 Å². The van der Waals surface area contributed by atoms with Crippen molar-refractivity contribution in [3.05, 3.63) is 59.2 Å². The minimum atomic E-state index is 0.0311. The predicted octanol–water partition coefficient (Wildman–Crippen LogP) is 3.16. The van der Waals surface area contributed by atoms with Crippen LogP contribution in [-0.4, -0.2) is 22.2 Å². The second-order valence-corrected chi connectivity index (χ2v) is 6.53. The van der Waals surface area contributed by atoms with Crippen molar-refractivity contribution in [2.24, 2.45) is 0 Å². The predicted molar refractivity (Wildman–Crippen MR) is 107 cm³/mol. The van der Waals surface area contributed by atoms with E-state index in [0.29, 0.717) is 11.2 Å². The molecule has 0 saturated carbocycles. The Morgan fingerprint density at radius 2 is 1.81 bits per heavy atom. The molecule has 0 unspecified atom stereocenters. The lowest BCUT2D eigenvalue weighted by atomic mass is 9.73. The molecule has 0 aliphatic carbocycles. The molecule has 0 atom stereocenters. The van der Waals surface area contributed by atoms with Crippen molar-refractivity contribution in [1.82, 2.24) is 9.13 Å². The number of nitrogens with zero attached hydrogens (tertiary/aromatic N) is 2. The van der Waals surface area contributed by atoms with Crippen LogP contribution < -0.4 is 11.1 Å². The molecule has 0 amide bonds. The molecule has 0 saturated heterocycles. The zero-order valence-electron chi connectivity index (χ0n) is 15.7. The molecule has 3 rings (SSSR count). The average Bonchev–Trinajstić information content (AvgIpc) is 2.94. The van der Waals surface area contributed by atoms with E-state index in [1.807, 2.05) is 59.6 Å². The summed E-state index contributed by atoms with van der Waals surface area (Å²) in [5.41, 5.74) is 5.46. The van der Waals surface area contributed by atoms with Gasteiger partial charge in [-0.3, -0.25) is 10.2 Å². The fraction of sp³-hybridized carbons (Fsp3) is 0.333. The van der Waals surface area contributed by atoms with Crippen LogP contribution in [0.25, 0.3) is 11.0 Å². The van der Waals surface area contributed by atoms with Crippen LogP contribution in [0.1, 0.15) is 36.2 Å². The van der Waals surface area contributed by atoms with E-state index in [9.17, 15) is 4.79 Å². The van der Waals surface area contributed by atoms with Crippen LogP contribution in [0.3, 0.4) is 0 Å². The van der Waals surface area contributed by atoms with Crippen molar-refractivity contribution in [1.29, 1.82) is 5.41 Å². The standard InChI is InChI=1S/C21H25BN3O/c1-4-13-24-20-15(5-2)7-6-8-18(20)25(21(24)23)14-19(26)16-9-11-17(22-3)12-10-16/h6-12,23H,4-5,13-14H2,1-3H3. The summed E-state index contributed by atoms with van der Waals surface area (Å²) in [6.45, 7) is 7.20. The van der Waals surface area contributed by atoms with Gasteiger partial charge in [0.15, 0.2) is 5.78 Å². The normalized spacial score (nSPS) is 11.0. The molecule has 4 nitrogen and oxygen atoms in total. The number of rotatable bonds is 7. The fourth-order valence-electron chi connectivity index (χ4n) is 3.46. The highest BCUT2D eigenvalue weighted by Gasteiger charge is 2.16. The number of ketones is 1. The average molecular weight is 346 g/mol. The molecule has 0 aliphatic heterocycles. The highest BCUT2D eigenvalue weighted by atomic mass is 16.1. The van der Waals surface area contributed by atoms with E-state index in [1.54, 1.807) is 0 Å². The number of carbonyl (C=O) groups is 1. The van der Waals surface area contributed by atoms with Crippen molar-refractivity contribution < 1.29 is 4.79 Å². The zero-order valence-corrected chi connectivity index (χ0v) is 15.7. The Morgan fingerprint density at radius 1 is 1.08 bits per heavy atom. The molecule has 0 spiro atoms. The number of hydrogen-bond acceptors (Lipinski definition) is 2. The first kappa shape index (κ1) is 18.2. The Bertz CT molecular complexity index is 983. The highest BCUT2D eigenvalue weighted by molar-refractivity contribution is 6.51. The molecule has 0 fully saturated rings. The molecule has 2 aromatic carbocycles. The van der Waals surface area contributed by atoms with Gasteiger partial charge in [-0.1, -0.05) is 62.5 Å². The summed E-state index contributed by atoms with van der Waals surface area (Å²) in [4.78, 5) is 12.8. The molecular weight excluding hydrogens is 321 g/mol. The lowest BCUT2D eigenvalue weighted by Gasteiger charge is -2.06. The Hall–Kier alpha value is -2.56. The lowest BCUT2D eigenvalue weighted by Crippen LogP contribution is -2.27. The molecular formula is C21H25BN3O. The van der Waals surface area contributed by atoms with Crippen molar-refractivity contribution in [3.63, 3.8) is 0 Å². The maximum atomic E-state index is 12.8. The van der Waals surface area contributed by atoms with Gasteiger partial charge in [0.1, 0.15) is 7.28 Å². The second kappa shape index (κ2) is 7.77. The zero-order chi connectivity index (χ0) is 18.7. The van der Waals surface area contributed by atoms with Crippen molar-refractivity contribution >= 4 is 29.6 Å². The second-order valence-electron chi connectivity index (χ2n) is 6.53. The number of benzene rings is 2. The third-order valence-corrected chi connectivity index (χ3v) is 4.87. The van der Waals surface area contributed by atoms with Gasteiger partial charge in [0.2, 0.25) is 5.62 Å². The van der Waals surface area contributed by atoms with Gasteiger partial charge in [-0.2, -0.15) is 0 Å². The van der Waals surface area contributed by atoms with E-state index < -0.39 is 0 Å². The van der Waals surface area contributed by atoms with Crippen LogP contribution in [0.15, 0.2) is 42.5 Å². The molecule has 3 aromatic rings. The first-order valence-electron chi connectivity index (χ1n) is 9.28. The van der Waals surface area contributed by atoms with Gasteiger partial charge < -0.3 is 9.13 Å². The molecule has 5 heteroatoms. The summed E-state index contributed by atoms with van der Waals surface area (Å²) >= 11 is 0. The SMILES string of the molecule is C[B]c1ccc(C(=O)Cn2c(=N)n(CCC)c3c(CC)cccc32)cc1. The number of aryl methyl sites for hydroxylation is 2. The third kappa shape index (κ3) is 3.26. The van der Waals surface area contributed by atoms with E-state index in [4.69, 9.17) is 5.41 Å². The summed E-state index contributed by atoms with van der Waals surface area (Å²) in [7, 11) is 2.01. The van der Waals surface area contributed by atoms with E-state index >= 15 is 0 Å². The number of nitrogens with one attached hydrogen (secondary N) is 1. The van der Waals surface area contributed by atoms with E-state index in [1.165, 1.54) is 5.56 Å². The number of Topliss-reactive ketones (excluding diaryl/α,β-unsaturated/α-hetero) is 1. The number of hydrogen-bond donors (Lipinski definition) is 1. The summed E-state index contributed by atoms with van der Waals surface area (Å²) < 4.78 is 3.88. The first-order chi connectivity index (χ1) is 12.6. The maximum absolute atomic E-state index is 12.8. The van der Waals surface area contributed by atoms with Gasteiger partial charge in [0.05, 0.1) is 17.6 Å². The third-order valence-electron chi connectivity index (χ3n) is 4.87. The van der Waals surface area contributed by atoms with Gasteiger partial charge in [0.25, 0.3) is 0 Å².